The van der Waals surface area contributed by atoms with Crippen LogP contribution in [0, 0.1) is 0 Å². The van der Waals surface area contributed by atoms with E-state index < -0.39 is 0 Å². The third-order valence-electron chi connectivity index (χ3n) is 0.133. The smallest absolute Gasteiger partial charge is 0.367 e. The van der Waals surface area contributed by atoms with Crippen molar-refractivity contribution in [3.8, 4) is 0 Å². The van der Waals surface area contributed by atoms with E-state index in [1.807, 2.05) is 29.3 Å². The quantitative estimate of drug-likeness (QED) is 0.491. The first-order chi connectivity index (χ1) is 2.41. The van der Waals surface area contributed by atoms with Gasteiger partial charge < -0.3 is 2.98 Å². The Labute approximate surface area is 50.7 Å². The third-order valence-corrected chi connectivity index (χ3v) is 1.02. The molecule has 0 N–H and O–H groups in total. The highest BCUT2D eigenvalue weighted by Crippen LogP contribution is 1.91. The van der Waals surface area contributed by atoms with Crippen LogP contribution in [0.15, 0.2) is 0 Å². The molecule has 0 unspecified atom stereocenters. The van der Waals surface area contributed by atoms with Crippen molar-refractivity contribution in [2.45, 2.75) is 0 Å². The van der Waals surface area contributed by atoms with Crippen LogP contribution in [0.5, 0.6) is 0 Å². The molecule has 0 aliphatic carbocycles. The Bertz CT molecular complexity index is 19.1. The molecule has 0 fully saturated rings. The fourth-order valence-corrected chi connectivity index (χ4v) is 0.732. The molecule has 0 aromatic rings. The first-order valence-corrected chi connectivity index (χ1v) is 3.20. The van der Waals surface area contributed by atoms with Crippen LogP contribution in [0.3, 0.4) is 0 Å². The maximum atomic E-state index is 4.50. The summed E-state index contributed by atoms with van der Waals surface area (Å²) in [5.74, 6) is 0. The van der Waals surface area contributed by atoms with Crippen molar-refractivity contribution in [2.75, 3.05) is 6.26 Å². The van der Waals surface area contributed by atoms with Crippen molar-refractivity contribution in [3.05, 3.63) is 0 Å². The fourth-order valence-electron chi connectivity index (χ4n) is 0.0364. The Balaban J connectivity index is 2.19. The van der Waals surface area contributed by atoms with Crippen LogP contribution in [-0.2, 0) is 2.98 Å². The summed E-state index contributed by atoms with van der Waals surface area (Å²) in [7, 11) is 0. The van der Waals surface area contributed by atoms with Crippen molar-refractivity contribution in [3.63, 3.8) is 0 Å². The van der Waals surface area contributed by atoms with Gasteiger partial charge in [0, 0.05) is 0 Å². The van der Waals surface area contributed by atoms with Gasteiger partial charge in [-0.05, 0) is 6.26 Å². The van der Waals surface area contributed by atoms with Crippen LogP contribution in [0.2, 0.25) is 0 Å². The molecule has 0 saturated heterocycles. The molecule has 0 saturated carbocycles. The molecule has 0 heterocycles. The van der Waals surface area contributed by atoms with Crippen molar-refractivity contribution in [2.24, 2.45) is 0 Å². The van der Waals surface area contributed by atoms with Gasteiger partial charge in [-0.3, -0.25) is 0 Å². The third kappa shape index (κ3) is 5.10. The molecule has 1 nitrogen and oxygen atoms in total. The number of hydrogen-bond acceptors (Lipinski definition) is 2. The van der Waals surface area contributed by atoms with E-state index in [-0.39, 0.29) is 0 Å². The van der Waals surface area contributed by atoms with E-state index >= 15 is 0 Å². The molecule has 0 atom stereocenters. The monoisotopic (exact) mass is 201 g/mol. The second kappa shape index (κ2) is 5.10. The van der Waals surface area contributed by atoms with E-state index in [1.165, 1.54) is 0 Å². The van der Waals surface area contributed by atoms with Crippen LogP contribution in [0.25, 0.3) is 0 Å². The summed E-state index contributed by atoms with van der Waals surface area (Å²) >= 11 is 3.36. The molecule has 29 valence electrons. The lowest BCUT2D eigenvalue weighted by atomic mass is 10.6. The van der Waals surface area contributed by atoms with Gasteiger partial charge >= 0.3 is 6.76 Å². The van der Waals surface area contributed by atoms with E-state index in [1.54, 1.807) is 18.4 Å². The maximum absolute atomic E-state index is 4.50. The van der Waals surface area contributed by atoms with Crippen LogP contribution in [-0.4, -0.2) is 13.0 Å². The van der Waals surface area contributed by atoms with Crippen molar-refractivity contribution in [1.82, 2.24) is 0 Å². The molecule has 4 heteroatoms. The molecule has 0 aliphatic rings. The summed E-state index contributed by atoms with van der Waals surface area (Å²) in [6.45, 7) is 1.65. The predicted molar refractivity (Wildman–Crippen MR) is 34.4 cm³/mol. The summed E-state index contributed by atoms with van der Waals surface area (Å²) in [5.41, 5.74) is 0. The largest absolute Gasteiger partial charge is 0.385 e. The summed E-state index contributed by atoms with van der Waals surface area (Å²) in [6.07, 6.45) is 1.94. The Kier molecular flexibility index (Phi) is 6.23. The van der Waals surface area contributed by atoms with Gasteiger partial charge in [-0.2, -0.15) is 11.6 Å². The van der Waals surface area contributed by atoms with Gasteiger partial charge in [0.1, 0.15) is 0 Å². The maximum Gasteiger partial charge on any atom is 0.385 e. The van der Waals surface area contributed by atoms with E-state index in [2.05, 4.69) is 2.98 Å². The van der Waals surface area contributed by atoms with Gasteiger partial charge in [0.05, 0.1) is 23.0 Å². The predicted octanol–water partition coefficient (Wildman–Crippen LogP) is 1.25. The molecule has 1 radical (unpaired) electrons. The highest BCUT2D eigenvalue weighted by Gasteiger charge is 1.76. The summed E-state index contributed by atoms with van der Waals surface area (Å²) < 4.78 is 4.50. The molecular weight excluding hydrogens is 198 g/mol. The van der Waals surface area contributed by atoms with E-state index in [4.69, 9.17) is 0 Å². The Morgan fingerprint density at radius 1 is 2.00 bits per heavy atom. The number of rotatable bonds is 2. The average molecular weight is 201 g/mol. The molecule has 0 aromatic carbocycles. The lowest BCUT2D eigenvalue weighted by Gasteiger charge is -1.77. The van der Waals surface area contributed by atoms with Gasteiger partial charge in [0.15, 0.2) is 0 Å². The molecule has 5 heavy (non-hydrogen) atoms. The van der Waals surface area contributed by atoms with Gasteiger partial charge in [0.25, 0.3) is 0 Å². The molecule has 0 spiro atoms. The highest BCUT2D eigenvalue weighted by atomic mass is 127. The van der Waals surface area contributed by atoms with E-state index in [0.717, 1.165) is 0 Å². The zero-order chi connectivity index (χ0) is 4.12. The first kappa shape index (κ1) is 6.10. The lowest BCUT2D eigenvalue weighted by molar-refractivity contribution is 0.801. The molecule has 0 bridgehead atoms. The van der Waals surface area contributed by atoms with Crippen molar-refractivity contribution < 1.29 is 2.98 Å². The van der Waals surface area contributed by atoms with E-state index in [9.17, 15) is 0 Å². The number of hydrogen-bond donors (Lipinski definition) is 0. The van der Waals surface area contributed by atoms with Crippen LogP contribution in [0.4, 0.5) is 0 Å². The van der Waals surface area contributed by atoms with Gasteiger partial charge in [0.2, 0.25) is 0 Å². The Hall–Kier alpha value is 1.10. The molecule has 0 rings (SSSR count). The normalized spacial score (nSPS) is 7.60. The number of halogens is 1. The second-order valence-electron chi connectivity index (χ2n) is 0.421. The minimum absolute atomic E-state index is 1.55. The first-order valence-electron chi connectivity index (χ1n) is 1.03. The van der Waals surface area contributed by atoms with E-state index in [0.29, 0.717) is 0 Å². The van der Waals surface area contributed by atoms with Crippen LogP contribution < -0.4 is 0 Å². The highest BCUT2D eigenvalue weighted by molar-refractivity contribution is 14.1. The summed E-state index contributed by atoms with van der Waals surface area (Å²) in [6, 6.07) is 0. The van der Waals surface area contributed by atoms with Crippen LogP contribution in [0.1, 0.15) is 0 Å². The summed E-state index contributed by atoms with van der Waals surface area (Å²) in [5, 5.41) is 0. The summed E-state index contributed by atoms with van der Waals surface area (Å²) in [4.78, 5) is 0. The molecule has 0 aromatic heterocycles. The Morgan fingerprint density at radius 2 is 2.60 bits per heavy atom. The molecule has 0 aliphatic heterocycles. The minimum atomic E-state index is 1.55. The van der Waals surface area contributed by atoms with Crippen molar-refractivity contribution in [1.29, 1.82) is 0 Å². The minimum Gasteiger partial charge on any atom is -0.367 e. The van der Waals surface area contributed by atoms with Crippen molar-refractivity contribution >= 4 is 41.4 Å². The lowest BCUT2D eigenvalue weighted by Crippen LogP contribution is -1.74. The molecule has 0 amide bonds. The average Bonchev–Trinajstić information content (AvgIpc) is 1.41. The zero-order valence-electron chi connectivity index (χ0n) is 2.77. The standard InChI is InChI=1S/CH3BIOS/c1-5-2-4-3/h1H3. The fraction of sp³-hybridized carbons (Fsp3) is 1.00. The van der Waals surface area contributed by atoms with Crippen LogP contribution >= 0.6 is 34.6 Å². The topological polar surface area (TPSA) is 9.23 Å². The zero-order valence-corrected chi connectivity index (χ0v) is 5.75. The van der Waals surface area contributed by atoms with Gasteiger partial charge in [-0.1, -0.05) is 0 Å². The SMILES string of the molecule is CS[B]OI. The second-order valence-corrected chi connectivity index (χ2v) is 1.59. The van der Waals surface area contributed by atoms with Gasteiger partial charge in [-0.15, -0.1) is 0 Å². The Morgan fingerprint density at radius 3 is 2.60 bits per heavy atom. The van der Waals surface area contributed by atoms with Gasteiger partial charge in [-0.25, -0.2) is 0 Å². The molecular formula is CH3BIOS.